The molecule has 2 amide bonds. The quantitative estimate of drug-likeness (QED) is 0.924. The first kappa shape index (κ1) is 16.8. The number of anilines is 1. The Morgan fingerprint density at radius 3 is 2.38 bits per heavy atom. The first-order valence-electron chi connectivity index (χ1n) is 8.68. The van der Waals surface area contributed by atoms with Gasteiger partial charge < -0.3 is 19.7 Å². The van der Waals surface area contributed by atoms with E-state index in [0.717, 1.165) is 31.4 Å². The number of ether oxygens (including phenoxy) is 2. The Bertz CT molecular complexity index is 510. The fourth-order valence-electron chi connectivity index (χ4n) is 3.13. The van der Waals surface area contributed by atoms with Gasteiger partial charge in [0.2, 0.25) is 5.91 Å². The molecule has 1 heterocycles. The van der Waals surface area contributed by atoms with Crippen molar-refractivity contribution in [3.05, 3.63) is 24.3 Å². The molecule has 0 bridgehead atoms. The normalized spacial score (nSPS) is 18.9. The molecule has 0 unspecified atom stereocenters. The maximum absolute atomic E-state index is 12.2. The van der Waals surface area contributed by atoms with Crippen LogP contribution in [-0.2, 0) is 9.53 Å². The second kappa shape index (κ2) is 8.15. The maximum Gasteiger partial charge on any atom is 0.415 e. The van der Waals surface area contributed by atoms with E-state index in [4.69, 9.17) is 9.47 Å². The third kappa shape index (κ3) is 4.47. The van der Waals surface area contributed by atoms with Crippen LogP contribution in [0.3, 0.4) is 0 Å². The summed E-state index contributed by atoms with van der Waals surface area (Å²) >= 11 is 0. The maximum atomic E-state index is 12.2. The highest BCUT2D eigenvalue weighted by Gasteiger charge is 2.21. The molecule has 1 aromatic carbocycles. The van der Waals surface area contributed by atoms with E-state index in [-0.39, 0.29) is 17.9 Å². The van der Waals surface area contributed by atoms with Crippen LogP contribution in [0.4, 0.5) is 10.5 Å². The summed E-state index contributed by atoms with van der Waals surface area (Å²) in [6, 6.07) is 6.94. The van der Waals surface area contributed by atoms with E-state index in [2.05, 4.69) is 5.32 Å². The summed E-state index contributed by atoms with van der Waals surface area (Å²) in [5, 5.41) is 2.95. The van der Waals surface area contributed by atoms with Crippen molar-refractivity contribution in [2.75, 3.05) is 31.6 Å². The third-order valence-electron chi connectivity index (χ3n) is 4.57. The Hall–Kier alpha value is -2.08. The number of hydrogen-bond acceptors (Lipinski definition) is 4. The lowest BCUT2D eigenvalue weighted by atomic mass is 9.88. The largest absolute Gasteiger partial charge is 0.415 e. The highest BCUT2D eigenvalue weighted by Crippen LogP contribution is 2.25. The number of morpholine rings is 1. The molecule has 0 atom stereocenters. The van der Waals surface area contributed by atoms with E-state index in [9.17, 15) is 9.59 Å². The minimum atomic E-state index is -0.364. The van der Waals surface area contributed by atoms with E-state index < -0.39 is 0 Å². The summed E-state index contributed by atoms with van der Waals surface area (Å²) in [4.78, 5) is 25.9. The fraction of sp³-hybridized carbons (Fsp3) is 0.556. The molecule has 2 aliphatic rings. The van der Waals surface area contributed by atoms with Crippen molar-refractivity contribution in [2.24, 2.45) is 5.92 Å². The molecular formula is C18H24N2O4. The van der Waals surface area contributed by atoms with Crippen molar-refractivity contribution in [1.82, 2.24) is 4.90 Å². The monoisotopic (exact) mass is 332 g/mol. The van der Waals surface area contributed by atoms with E-state index in [1.807, 2.05) is 0 Å². The van der Waals surface area contributed by atoms with Gasteiger partial charge in [-0.1, -0.05) is 19.3 Å². The number of amides is 2. The van der Waals surface area contributed by atoms with E-state index in [0.29, 0.717) is 32.1 Å². The fourth-order valence-corrected chi connectivity index (χ4v) is 3.13. The standard InChI is InChI=1S/C18H24N2O4/c21-17(14-4-2-1-3-5-14)19-15-6-8-16(9-7-15)24-18(22)20-10-12-23-13-11-20/h6-9,14H,1-5,10-13H2,(H,19,21). The van der Waals surface area contributed by atoms with Crippen LogP contribution in [0.5, 0.6) is 5.75 Å². The number of hydrogen-bond donors (Lipinski definition) is 1. The molecule has 0 spiro atoms. The van der Waals surface area contributed by atoms with Gasteiger partial charge in [-0.3, -0.25) is 4.79 Å². The van der Waals surface area contributed by atoms with Crippen molar-refractivity contribution in [2.45, 2.75) is 32.1 Å². The van der Waals surface area contributed by atoms with Gasteiger partial charge in [-0.15, -0.1) is 0 Å². The Kier molecular flexibility index (Phi) is 5.69. The molecule has 2 fully saturated rings. The van der Waals surface area contributed by atoms with Crippen molar-refractivity contribution in [1.29, 1.82) is 0 Å². The lowest BCUT2D eigenvalue weighted by molar-refractivity contribution is -0.120. The van der Waals surface area contributed by atoms with E-state index in [1.165, 1.54) is 6.42 Å². The predicted octanol–water partition coefficient (Wildman–Crippen LogP) is 3.04. The molecule has 1 aliphatic heterocycles. The summed E-state index contributed by atoms with van der Waals surface area (Å²) < 4.78 is 10.6. The Labute approximate surface area is 142 Å². The Balaban J connectivity index is 1.51. The van der Waals surface area contributed by atoms with Crippen LogP contribution in [0.15, 0.2) is 24.3 Å². The Morgan fingerprint density at radius 2 is 1.71 bits per heavy atom. The zero-order chi connectivity index (χ0) is 16.8. The van der Waals surface area contributed by atoms with Crippen molar-refractivity contribution < 1.29 is 19.1 Å². The van der Waals surface area contributed by atoms with Crippen molar-refractivity contribution >= 4 is 17.7 Å². The first-order valence-corrected chi connectivity index (χ1v) is 8.68. The summed E-state index contributed by atoms with van der Waals surface area (Å²) in [6.45, 7) is 2.19. The van der Waals surface area contributed by atoms with Crippen LogP contribution in [0.25, 0.3) is 0 Å². The molecule has 1 aliphatic carbocycles. The van der Waals surface area contributed by atoms with Crippen LogP contribution >= 0.6 is 0 Å². The van der Waals surface area contributed by atoms with E-state index >= 15 is 0 Å². The first-order chi connectivity index (χ1) is 11.7. The molecule has 6 nitrogen and oxygen atoms in total. The Morgan fingerprint density at radius 1 is 1.04 bits per heavy atom. The second-order valence-corrected chi connectivity index (χ2v) is 6.32. The van der Waals surface area contributed by atoms with Gasteiger partial charge in [-0.05, 0) is 37.1 Å². The van der Waals surface area contributed by atoms with Crippen LogP contribution in [0, 0.1) is 5.92 Å². The number of nitrogens with zero attached hydrogens (tertiary/aromatic N) is 1. The van der Waals surface area contributed by atoms with Gasteiger partial charge in [0.05, 0.1) is 13.2 Å². The molecule has 1 saturated carbocycles. The molecule has 130 valence electrons. The van der Waals surface area contributed by atoms with Gasteiger partial charge in [0.1, 0.15) is 5.75 Å². The van der Waals surface area contributed by atoms with Crippen LogP contribution < -0.4 is 10.1 Å². The van der Waals surface area contributed by atoms with Gasteiger partial charge in [-0.2, -0.15) is 0 Å². The molecule has 1 saturated heterocycles. The molecule has 1 N–H and O–H groups in total. The van der Waals surface area contributed by atoms with Gasteiger partial charge in [-0.25, -0.2) is 4.79 Å². The number of carbonyl (C=O) groups excluding carboxylic acids is 2. The molecule has 3 rings (SSSR count). The second-order valence-electron chi connectivity index (χ2n) is 6.32. The van der Waals surface area contributed by atoms with Gasteiger partial charge in [0.25, 0.3) is 0 Å². The number of rotatable bonds is 3. The number of carbonyl (C=O) groups is 2. The predicted molar refractivity (Wildman–Crippen MR) is 90.1 cm³/mol. The zero-order valence-corrected chi connectivity index (χ0v) is 13.8. The number of benzene rings is 1. The lowest BCUT2D eigenvalue weighted by Gasteiger charge is -2.25. The highest BCUT2D eigenvalue weighted by molar-refractivity contribution is 5.92. The highest BCUT2D eigenvalue weighted by atomic mass is 16.6. The minimum Gasteiger partial charge on any atom is -0.410 e. The topological polar surface area (TPSA) is 67.9 Å². The molecule has 6 heteroatoms. The van der Waals surface area contributed by atoms with Crippen LogP contribution in [-0.4, -0.2) is 43.2 Å². The average Bonchev–Trinajstić information content (AvgIpc) is 2.65. The average molecular weight is 332 g/mol. The summed E-state index contributed by atoms with van der Waals surface area (Å²) in [5.74, 6) is 0.687. The molecule has 0 aromatic heterocycles. The van der Waals surface area contributed by atoms with Gasteiger partial charge >= 0.3 is 6.09 Å². The summed E-state index contributed by atoms with van der Waals surface area (Å²) in [7, 11) is 0. The minimum absolute atomic E-state index is 0.0905. The third-order valence-corrected chi connectivity index (χ3v) is 4.57. The van der Waals surface area contributed by atoms with Gasteiger partial charge in [0, 0.05) is 24.7 Å². The van der Waals surface area contributed by atoms with Gasteiger partial charge in [0.15, 0.2) is 0 Å². The smallest absolute Gasteiger partial charge is 0.410 e. The van der Waals surface area contributed by atoms with Crippen LogP contribution in [0.1, 0.15) is 32.1 Å². The van der Waals surface area contributed by atoms with Crippen LogP contribution in [0.2, 0.25) is 0 Å². The van der Waals surface area contributed by atoms with E-state index in [1.54, 1.807) is 29.2 Å². The van der Waals surface area contributed by atoms with Crippen molar-refractivity contribution in [3.8, 4) is 5.75 Å². The summed E-state index contributed by atoms with van der Waals surface area (Å²) in [6.07, 6.45) is 5.08. The molecular weight excluding hydrogens is 308 g/mol. The number of nitrogens with one attached hydrogen (secondary N) is 1. The summed E-state index contributed by atoms with van der Waals surface area (Å²) in [5.41, 5.74) is 0.733. The molecule has 1 aromatic rings. The van der Waals surface area contributed by atoms with Crippen molar-refractivity contribution in [3.63, 3.8) is 0 Å². The lowest BCUT2D eigenvalue weighted by Crippen LogP contribution is -2.42. The zero-order valence-electron chi connectivity index (χ0n) is 13.8. The SMILES string of the molecule is O=C(Nc1ccc(OC(=O)N2CCOCC2)cc1)C1CCCCC1. The molecule has 0 radical (unpaired) electrons. The molecule has 24 heavy (non-hydrogen) atoms.